The standard InChI is InChI=1S/C28H30ClFN2O2S/c1-20(2)31-28(34)26(16-21-8-4-3-5-9-21)32(17-22-12-14-24(29)15-13-22)27(33)19-35-18-23-10-6-7-11-25(23)30/h3-15,20,26H,16-19H2,1-2H3,(H,31,34)/t26-/m0/s1. The highest BCUT2D eigenvalue weighted by Crippen LogP contribution is 2.20. The van der Waals surface area contributed by atoms with Crippen molar-refractivity contribution in [1.29, 1.82) is 0 Å². The van der Waals surface area contributed by atoms with E-state index < -0.39 is 6.04 Å². The van der Waals surface area contributed by atoms with Crippen molar-refractivity contribution in [3.05, 3.63) is 106 Å². The van der Waals surface area contributed by atoms with Crippen LogP contribution in [0.25, 0.3) is 0 Å². The SMILES string of the molecule is CC(C)NC(=O)[C@H](Cc1ccccc1)N(Cc1ccc(Cl)cc1)C(=O)CSCc1ccccc1F. The summed E-state index contributed by atoms with van der Waals surface area (Å²) in [5, 5.41) is 3.57. The third-order valence-corrected chi connectivity index (χ3v) is 6.63. The van der Waals surface area contributed by atoms with Gasteiger partial charge in [-0.3, -0.25) is 9.59 Å². The normalized spacial score (nSPS) is 11.8. The van der Waals surface area contributed by atoms with Crippen molar-refractivity contribution in [2.45, 2.75) is 44.6 Å². The number of halogens is 2. The molecule has 3 aromatic carbocycles. The smallest absolute Gasteiger partial charge is 0.243 e. The molecule has 3 rings (SSSR count). The first kappa shape index (κ1) is 26.8. The number of hydrogen-bond donors (Lipinski definition) is 1. The maximum Gasteiger partial charge on any atom is 0.243 e. The highest BCUT2D eigenvalue weighted by molar-refractivity contribution is 7.99. The van der Waals surface area contributed by atoms with Gasteiger partial charge in [0.2, 0.25) is 11.8 Å². The van der Waals surface area contributed by atoms with Crippen LogP contribution in [0, 0.1) is 5.82 Å². The van der Waals surface area contributed by atoms with E-state index in [1.54, 1.807) is 35.2 Å². The summed E-state index contributed by atoms with van der Waals surface area (Å²) >= 11 is 7.38. The van der Waals surface area contributed by atoms with Gasteiger partial charge in [-0.05, 0) is 48.7 Å². The van der Waals surface area contributed by atoms with Gasteiger partial charge in [-0.25, -0.2) is 4.39 Å². The summed E-state index contributed by atoms with van der Waals surface area (Å²) < 4.78 is 14.0. The summed E-state index contributed by atoms with van der Waals surface area (Å²) in [5.41, 5.74) is 2.38. The molecule has 0 bridgehead atoms. The molecule has 35 heavy (non-hydrogen) atoms. The molecule has 7 heteroatoms. The van der Waals surface area contributed by atoms with Gasteiger partial charge in [-0.15, -0.1) is 11.8 Å². The molecule has 0 heterocycles. The molecule has 0 aliphatic heterocycles. The second-order valence-electron chi connectivity index (χ2n) is 8.60. The van der Waals surface area contributed by atoms with Gasteiger partial charge in [0.25, 0.3) is 0 Å². The van der Waals surface area contributed by atoms with Crippen molar-refractivity contribution in [1.82, 2.24) is 10.2 Å². The zero-order chi connectivity index (χ0) is 25.2. The van der Waals surface area contributed by atoms with Crippen molar-refractivity contribution in [2.75, 3.05) is 5.75 Å². The van der Waals surface area contributed by atoms with Gasteiger partial charge in [0.1, 0.15) is 11.9 Å². The van der Waals surface area contributed by atoms with E-state index in [9.17, 15) is 14.0 Å². The first-order valence-electron chi connectivity index (χ1n) is 11.5. The van der Waals surface area contributed by atoms with Crippen molar-refractivity contribution in [3.63, 3.8) is 0 Å². The lowest BCUT2D eigenvalue weighted by Crippen LogP contribution is -2.52. The van der Waals surface area contributed by atoms with E-state index in [4.69, 9.17) is 11.6 Å². The number of benzene rings is 3. The van der Waals surface area contributed by atoms with Gasteiger partial charge in [0, 0.05) is 29.8 Å². The molecule has 0 aliphatic carbocycles. The molecule has 3 aromatic rings. The van der Waals surface area contributed by atoms with E-state index in [1.807, 2.05) is 56.3 Å². The maximum absolute atomic E-state index is 14.0. The Kier molecular flexibility index (Phi) is 10.2. The Bertz CT molecular complexity index is 1110. The molecular formula is C28H30ClFN2O2S. The minimum Gasteiger partial charge on any atom is -0.352 e. The van der Waals surface area contributed by atoms with Gasteiger partial charge in [-0.1, -0.05) is 72.3 Å². The zero-order valence-corrected chi connectivity index (χ0v) is 21.5. The monoisotopic (exact) mass is 512 g/mol. The van der Waals surface area contributed by atoms with Crippen molar-refractivity contribution in [3.8, 4) is 0 Å². The quantitative estimate of drug-likeness (QED) is 0.349. The van der Waals surface area contributed by atoms with Gasteiger partial charge in [-0.2, -0.15) is 0 Å². The fourth-order valence-electron chi connectivity index (χ4n) is 3.67. The number of hydrogen-bond acceptors (Lipinski definition) is 3. The molecule has 0 radical (unpaired) electrons. The van der Waals surface area contributed by atoms with Crippen LogP contribution in [0.4, 0.5) is 4.39 Å². The zero-order valence-electron chi connectivity index (χ0n) is 19.9. The van der Waals surface area contributed by atoms with Crippen LogP contribution < -0.4 is 5.32 Å². The molecule has 1 atom stereocenters. The molecule has 0 aliphatic rings. The lowest BCUT2D eigenvalue weighted by Gasteiger charge is -2.32. The Morgan fingerprint density at radius 3 is 2.26 bits per heavy atom. The van der Waals surface area contributed by atoms with E-state index in [1.165, 1.54) is 17.8 Å². The summed E-state index contributed by atoms with van der Waals surface area (Å²) in [6, 6.07) is 22.7. The molecule has 0 unspecified atom stereocenters. The molecule has 0 saturated heterocycles. The van der Waals surface area contributed by atoms with Crippen LogP contribution in [-0.2, 0) is 28.3 Å². The number of thioether (sulfide) groups is 1. The molecule has 0 fully saturated rings. The van der Waals surface area contributed by atoms with Crippen LogP contribution in [-0.4, -0.2) is 34.6 Å². The molecule has 2 amide bonds. The first-order valence-corrected chi connectivity index (χ1v) is 13.1. The lowest BCUT2D eigenvalue weighted by atomic mass is 10.0. The van der Waals surface area contributed by atoms with Gasteiger partial charge in [0.05, 0.1) is 5.75 Å². The molecule has 184 valence electrons. The predicted molar refractivity (Wildman–Crippen MR) is 142 cm³/mol. The lowest BCUT2D eigenvalue weighted by molar-refractivity contribution is -0.139. The van der Waals surface area contributed by atoms with Crippen LogP contribution in [0.3, 0.4) is 0 Å². The second-order valence-corrected chi connectivity index (χ2v) is 10.0. The molecule has 1 N–H and O–H groups in total. The first-order chi connectivity index (χ1) is 16.8. The van der Waals surface area contributed by atoms with Gasteiger partial charge >= 0.3 is 0 Å². The fourth-order valence-corrected chi connectivity index (χ4v) is 4.69. The fraction of sp³-hybridized carbons (Fsp3) is 0.286. The van der Waals surface area contributed by atoms with Crippen LogP contribution in [0.15, 0.2) is 78.9 Å². The molecule has 0 aromatic heterocycles. The van der Waals surface area contributed by atoms with Gasteiger partial charge in [0.15, 0.2) is 0 Å². The summed E-state index contributed by atoms with van der Waals surface area (Å²) in [7, 11) is 0. The molecule has 0 spiro atoms. The number of carbonyl (C=O) groups excluding carboxylic acids is 2. The number of carbonyl (C=O) groups is 2. The molecular weight excluding hydrogens is 483 g/mol. The average molecular weight is 513 g/mol. The minimum absolute atomic E-state index is 0.0660. The van der Waals surface area contributed by atoms with Crippen molar-refractivity contribution in [2.24, 2.45) is 0 Å². The maximum atomic E-state index is 14.0. The number of rotatable bonds is 11. The number of nitrogens with one attached hydrogen (secondary N) is 1. The van der Waals surface area contributed by atoms with Crippen LogP contribution in [0.1, 0.15) is 30.5 Å². The highest BCUT2D eigenvalue weighted by atomic mass is 35.5. The third-order valence-electron chi connectivity index (χ3n) is 5.41. The Morgan fingerprint density at radius 1 is 0.943 bits per heavy atom. The summed E-state index contributed by atoms with van der Waals surface area (Å²) in [5.74, 6) is -0.174. The Labute approximate surface area is 215 Å². The van der Waals surface area contributed by atoms with E-state index in [2.05, 4.69) is 5.32 Å². The summed E-state index contributed by atoms with van der Waals surface area (Å²) in [6.07, 6.45) is 0.386. The second kappa shape index (κ2) is 13.3. The minimum atomic E-state index is -0.697. The Morgan fingerprint density at radius 2 is 1.60 bits per heavy atom. The largest absolute Gasteiger partial charge is 0.352 e. The summed E-state index contributed by atoms with van der Waals surface area (Å²) in [4.78, 5) is 28.4. The third kappa shape index (κ3) is 8.41. The van der Waals surface area contributed by atoms with E-state index >= 15 is 0 Å². The average Bonchev–Trinajstić information content (AvgIpc) is 2.84. The van der Waals surface area contributed by atoms with Crippen LogP contribution >= 0.6 is 23.4 Å². The Hall–Kier alpha value is -2.83. The van der Waals surface area contributed by atoms with E-state index in [-0.39, 0.29) is 36.0 Å². The summed E-state index contributed by atoms with van der Waals surface area (Å²) in [6.45, 7) is 4.06. The number of nitrogens with zero attached hydrogens (tertiary/aromatic N) is 1. The predicted octanol–water partition coefficient (Wildman–Crippen LogP) is 5.88. The van der Waals surface area contributed by atoms with Crippen LogP contribution in [0.5, 0.6) is 0 Å². The van der Waals surface area contributed by atoms with E-state index in [0.29, 0.717) is 22.8 Å². The topological polar surface area (TPSA) is 49.4 Å². The molecule has 0 saturated carbocycles. The van der Waals surface area contributed by atoms with Crippen molar-refractivity contribution >= 4 is 35.2 Å². The molecule has 4 nitrogen and oxygen atoms in total. The van der Waals surface area contributed by atoms with Gasteiger partial charge < -0.3 is 10.2 Å². The Balaban J connectivity index is 1.84. The van der Waals surface area contributed by atoms with Crippen LogP contribution in [0.2, 0.25) is 5.02 Å². The van der Waals surface area contributed by atoms with Crippen molar-refractivity contribution < 1.29 is 14.0 Å². The number of amides is 2. The highest BCUT2D eigenvalue weighted by Gasteiger charge is 2.30. The van der Waals surface area contributed by atoms with E-state index in [0.717, 1.165) is 11.1 Å².